The minimum Gasteiger partial charge on any atom is -0.469 e. The molecular formula is C15H20O6S. The first-order valence-corrected chi connectivity index (χ1v) is 8.68. The third kappa shape index (κ3) is 5.08. The minimum atomic E-state index is -3.60. The number of esters is 1. The molecule has 1 aliphatic carbocycles. The van der Waals surface area contributed by atoms with Gasteiger partial charge in [0.25, 0.3) is 10.1 Å². The molecule has 22 heavy (non-hydrogen) atoms. The van der Waals surface area contributed by atoms with Crippen LogP contribution in [0.5, 0.6) is 0 Å². The number of ether oxygens (including phenoxy) is 2. The molecule has 0 unspecified atom stereocenters. The summed E-state index contributed by atoms with van der Waals surface area (Å²) >= 11 is 0. The molecule has 0 spiro atoms. The van der Waals surface area contributed by atoms with E-state index in [1.807, 2.05) is 6.07 Å². The zero-order valence-electron chi connectivity index (χ0n) is 12.4. The van der Waals surface area contributed by atoms with E-state index in [0.717, 1.165) is 0 Å². The molecule has 0 radical (unpaired) electrons. The van der Waals surface area contributed by atoms with Crippen molar-refractivity contribution < 1.29 is 26.9 Å². The maximum absolute atomic E-state index is 11.8. The number of carbonyl (C=O) groups excluding carboxylic acids is 1. The Hall–Kier alpha value is -1.44. The molecule has 6 nitrogen and oxygen atoms in total. The Balaban J connectivity index is 1.62. The quantitative estimate of drug-likeness (QED) is 0.409. The zero-order valence-corrected chi connectivity index (χ0v) is 13.3. The van der Waals surface area contributed by atoms with Crippen LogP contribution in [0.4, 0.5) is 0 Å². The molecule has 0 heterocycles. The van der Waals surface area contributed by atoms with Crippen LogP contribution in [0, 0.1) is 5.92 Å². The van der Waals surface area contributed by atoms with Crippen molar-refractivity contribution in [1.29, 1.82) is 0 Å². The van der Waals surface area contributed by atoms with Gasteiger partial charge in [0.1, 0.15) is 5.75 Å². The van der Waals surface area contributed by atoms with Crippen molar-refractivity contribution in [3.63, 3.8) is 0 Å². The van der Waals surface area contributed by atoms with E-state index in [0.29, 0.717) is 18.4 Å². The van der Waals surface area contributed by atoms with Crippen molar-refractivity contribution in [2.45, 2.75) is 24.7 Å². The van der Waals surface area contributed by atoms with Crippen LogP contribution in [0.2, 0.25) is 0 Å². The van der Waals surface area contributed by atoms with E-state index in [-0.39, 0.29) is 37.0 Å². The lowest BCUT2D eigenvalue weighted by atomic mass is 9.82. The lowest BCUT2D eigenvalue weighted by molar-refractivity contribution is -0.155. The maximum Gasteiger partial charge on any atom is 0.308 e. The Kier molecular flexibility index (Phi) is 5.93. The summed E-state index contributed by atoms with van der Waals surface area (Å²) in [4.78, 5) is 11.2. The summed E-state index contributed by atoms with van der Waals surface area (Å²) in [6.45, 7) is 0.168. The van der Waals surface area contributed by atoms with Gasteiger partial charge in [0.15, 0.2) is 0 Å². The molecule has 1 aromatic carbocycles. The average molecular weight is 328 g/mol. The Labute approximate surface area is 130 Å². The maximum atomic E-state index is 11.8. The van der Waals surface area contributed by atoms with Gasteiger partial charge in [-0.05, 0) is 18.4 Å². The molecule has 1 aliphatic rings. The largest absolute Gasteiger partial charge is 0.469 e. The molecule has 7 heteroatoms. The van der Waals surface area contributed by atoms with Crippen LogP contribution in [-0.4, -0.2) is 40.8 Å². The molecule has 2 rings (SSSR count). The number of methoxy groups -OCH3 is 1. The molecule has 0 N–H and O–H groups in total. The van der Waals surface area contributed by atoms with E-state index in [9.17, 15) is 13.2 Å². The average Bonchev–Trinajstić information content (AvgIpc) is 2.45. The van der Waals surface area contributed by atoms with Crippen molar-refractivity contribution in [1.82, 2.24) is 0 Å². The molecule has 1 saturated carbocycles. The van der Waals surface area contributed by atoms with Crippen molar-refractivity contribution in [2.24, 2.45) is 5.92 Å². The second-order valence-electron chi connectivity index (χ2n) is 5.19. The van der Waals surface area contributed by atoms with Crippen molar-refractivity contribution in [2.75, 3.05) is 20.3 Å². The Bertz CT molecular complexity index is 577. The summed E-state index contributed by atoms with van der Waals surface area (Å²) in [5, 5.41) is 0. The molecule has 0 saturated heterocycles. The van der Waals surface area contributed by atoms with Gasteiger partial charge in [-0.3, -0.25) is 8.98 Å². The lowest BCUT2D eigenvalue weighted by Crippen LogP contribution is -2.37. The number of hydrogen-bond donors (Lipinski definition) is 0. The highest BCUT2D eigenvalue weighted by Crippen LogP contribution is 2.30. The van der Waals surface area contributed by atoms with E-state index in [2.05, 4.69) is 4.74 Å². The normalized spacial score (nSPS) is 21.1. The standard InChI is InChI=1S/C15H20O6S/c1-19-15(16)13-9-14(10-13)20-7-8-21-22(17,18)11-12-5-3-2-4-6-12/h2-6,13-14H,7-11H2,1H3. The van der Waals surface area contributed by atoms with E-state index >= 15 is 0 Å². The number of hydrogen-bond acceptors (Lipinski definition) is 6. The van der Waals surface area contributed by atoms with Gasteiger partial charge in [0.2, 0.25) is 0 Å². The van der Waals surface area contributed by atoms with Crippen LogP contribution in [0.15, 0.2) is 30.3 Å². The highest BCUT2D eigenvalue weighted by atomic mass is 32.2. The summed E-state index contributed by atoms with van der Waals surface area (Å²) in [5.74, 6) is -0.471. The molecule has 0 aliphatic heterocycles. The van der Waals surface area contributed by atoms with E-state index in [1.165, 1.54) is 7.11 Å². The lowest BCUT2D eigenvalue weighted by Gasteiger charge is -2.32. The van der Waals surface area contributed by atoms with Crippen LogP contribution in [0.1, 0.15) is 18.4 Å². The third-order valence-electron chi connectivity index (χ3n) is 3.52. The van der Waals surface area contributed by atoms with Crippen molar-refractivity contribution >= 4 is 16.1 Å². The highest BCUT2D eigenvalue weighted by molar-refractivity contribution is 7.85. The fourth-order valence-electron chi connectivity index (χ4n) is 2.26. The summed E-state index contributed by atoms with van der Waals surface area (Å²) in [7, 11) is -2.24. The van der Waals surface area contributed by atoms with Gasteiger partial charge in [-0.1, -0.05) is 30.3 Å². The van der Waals surface area contributed by atoms with Gasteiger partial charge in [-0.25, -0.2) is 0 Å². The zero-order chi connectivity index (χ0) is 16.0. The number of benzene rings is 1. The van der Waals surface area contributed by atoms with Crippen LogP contribution in [0.3, 0.4) is 0 Å². The monoisotopic (exact) mass is 328 g/mol. The third-order valence-corrected chi connectivity index (χ3v) is 4.73. The molecule has 1 fully saturated rings. The highest BCUT2D eigenvalue weighted by Gasteiger charge is 2.35. The topological polar surface area (TPSA) is 78.9 Å². The molecule has 122 valence electrons. The van der Waals surface area contributed by atoms with E-state index < -0.39 is 10.1 Å². The van der Waals surface area contributed by atoms with Gasteiger partial charge >= 0.3 is 5.97 Å². The van der Waals surface area contributed by atoms with Gasteiger partial charge < -0.3 is 9.47 Å². The second kappa shape index (κ2) is 7.71. The van der Waals surface area contributed by atoms with Crippen LogP contribution in [0.25, 0.3) is 0 Å². The molecule has 0 atom stereocenters. The molecule has 0 amide bonds. The van der Waals surface area contributed by atoms with E-state index in [4.69, 9.17) is 8.92 Å². The Morgan fingerprint density at radius 1 is 1.18 bits per heavy atom. The van der Waals surface area contributed by atoms with Crippen LogP contribution >= 0.6 is 0 Å². The Morgan fingerprint density at radius 3 is 2.50 bits per heavy atom. The summed E-state index contributed by atoms with van der Waals surface area (Å²) in [6.07, 6.45) is 1.21. The van der Waals surface area contributed by atoms with Gasteiger partial charge in [0.05, 0.1) is 32.3 Å². The Morgan fingerprint density at radius 2 is 1.86 bits per heavy atom. The van der Waals surface area contributed by atoms with Crippen molar-refractivity contribution in [3.8, 4) is 0 Å². The molecule has 0 aromatic heterocycles. The van der Waals surface area contributed by atoms with Crippen molar-refractivity contribution in [3.05, 3.63) is 35.9 Å². The first-order chi connectivity index (χ1) is 10.5. The van der Waals surface area contributed by atoms with Crippen LogP contribution < -0.4 is 0 Å². The SMILES string of the molecule is COC(=O)C1CC(OCCOS(=O)(=O)Cc2ccccc2)C1. The molecule has 0 bridgehead atoms. The number of carbonyl (C=O) groups is 1. The van der Waals surface area contributed by atoms with Gasteiger partial charge in [0, 0.05) is 0 Å². The summed E-state index contributed by atoms with van der Waals surface area (Å²) in [6, 6.07) is 8.85. The fraction of sp³-hybridized carbons (Fsp3) is 0.533. The van der Waals surface area contributed by atoms with Crippen LogP contribution in [-0.2, 0) is 34.3 Å². The van der Waals surface area contributed by atoms with Gasteiger partial charge in [-0.2, -0.15) is 8.42 Å². The summed E-state index contributed by atoms with van der Waals surface area (Å²) < 4.78 is 38.5. The minimum absolute atomic E-state index is 0.0193. The predicted octanol–water partition coefficient (Wildman–Crippen LogP) is 1.50. The van der Waals surface area contributed by atoms with E-state index in [1.54, 1.807) is 24.3 Å². The molecular weight excluding hydrogens is 308 g/mol. The molecule has 1 aromatic rings. The number of rotatable bonds is 8. The first kappa shape index (κ1) is 16.9. The van der Waals surface area contributed by atoms with Gasteiger partial charge in [-0.15, -0.1) is 0 Å². The first-order valence-electron chi connectivity index (χ1n) is 7.10. The second-order valence-corrected chi connectivity index (χ2v) is 6.83. The summed E-state index contributed by atoms with van der Waals surface area (Å²) in [5.41, 5.74) is 0.684. The predicted molar refractivity (Wildman–Crippen MR) is 79.5 cm³/mol. The fourth-order valence-corrected chi connectivity index (χ4v) is 3.26. The smallest absolute Gasteiger partial charge is 0.308 e.